The first-order chi connectivity index (χ1) is 9.08. The first kappa shape index (κ1) is 13.5. The van der Waals surface area contributed by atoms with Crippen LogP contribution in [0.5, 0.6) is 0 Å². The fraction of sp³-hybridized carbons (Fsp3) is 0.385. The Kier molecular flexibility index (Phi) is 4.13. The quantitative estimate of drug-likeness (QED) is 0.603. The van der Waals surface area contributed by atoms with Crippen molar-refractivity contribution in [2.45, 2.75) is 19.1 Å². The van der Waals surface area contributed by atoms with E-state index in [1.807, 2.05) is 30.3 Å². The van der Waals surface area contributed by atoms with E-state index in [1.54, 1.807) is 0 Å². The first-order valence-electron chi connectivity index (χ1n) is 6.02. The van der Waals surface area contributed by atoms with Gasteiger partial charge in [-0.05, 0) is 12.0 Å². The van der Waals surface area contributed by atoms with Crippen LogP contribution in [0.3, 0.4) is 0 Å². The topological polar surface area (TPSA) is 92.9 Å². The largest absolute Gasteiger partial charge is 0.480 e. The normalized spacial score (nSPS) is 23.2. The summed E-state index contributed by atoms with van der Waals surface area (Å²) in [7, 11) is 0. The van der Waals surface area contributed by atoms with Crippen LogP contribution in [-0.2, 0) is 20.9 Å². The molecule has 1 aromatic rings. The van der Waals surface area contributed by atoms with E-state index < -0.39 is 23.9 Å². The lowest BCUT2D eigenvalue weighted by molar-refractivity contribution is -0.149. The zero-order chi connectivity index (χ0) is 13.8. The molecule has 1 aromatic carbocycles. The van der Waals surface area contributed by atoms with Gasteiger partial charge in [0, 0.05) is 6.54 Å². The summed E-state index contributed by atoms with van der Waals surface area (Å²) in [5, 5.41) is 10.1. The van der Waals surface area contributed by atoms with Gasteiger partial charge in [-0.15, -0.1) is 0 Å². The maximum Gasteiger partial charge on any atom is 0.322 e. The Morgan fingerprint density at radius 3 is 2.63 bits per heavy atom. The summed E-state index contributed by atoms with van der Waals surface area (Å²) in [4.78, 5) is 22.7. The molecule has 19 heavy (non-hydrogen) atoms. The molecule has 0 saturated carbocycles. The Morgan fingerprint density at radius 2 is 2.05 bits per heavy atom. The number of nitrogens with zero attached hydrogens (tertiary/aromatic N) is 1. The predicted molar refractivity (Wildman–Crippen MR) is 66.7 cm³/mol. The molecule has 2 rings (SSSR count). The number of carboxylic acid groups (broad SMARTS) is 1. The number of carboxylic acids is 1. The summed E-state index contributed by atoms with van der Waals surface area (Å²) < 4.78 is 5.17. The maximum absolute atomic E-state index is 11.8. The Labute approximate surface area is 110 Å². The molecule has 0 aromatic heterocycles. The van der Waals surface area contributed by atoms with Crippen LogP contribution in [0.15, 0.2) is 30.3 Å². The van der Waals surface area contributed by atoms with Gasteiger partial charge in [0.25, 0.3) is 0 Å². The summed E-state index contributed by atoms with van der Waals surface area (Å²) in [6.07, 6.45) is 0.194. The fourth-order valence-corrected chi connectivity index (χ4v) is 2.12. The summed E-state index contributed by atoms with van der Waals surface area (Å²) in [6.45, 7) is 0.406. The lowest BCUT2D eigenvalue weighted by atomic mass is 10.1. The highest BCUT2D eigenvalue weighted by atomic mass is 16.5. The molecule has 3 N–H and O–H groups in total. The standard InChI is InChI=1S/C13H16N2O4/c14-15-7-10(6-11(15)12(16)17)13(18)19-8-9-4-2-1-3-5-9/h1-5,10-11H,6-8,14H2,(H,16,17)/t10-,11-/m1/s1. The molecule has 0 radical (unpaired) electrons. The summed E-state index contributed by atoms with van der Waals surface area (Å²) in [5.41, 5.74) is 0.897. The van der Waals surface area contributed by atoms with Crippen molar-refractivity contribution in [1.29, 1.82) is 0 Å². The number of hydrogen-bond acceptors (Lipinski definition) is 5. The van der Waals surface area contributed by atoms with Crippen LogP contribution < -0.4 is 5.84 Å². The fourth-order valence-electron chi connectivity index (χ4n) is 2.12. The minimum atomic E-state index is -1.01. The number of hydrogen-bond donors (Lipinski definition) is 2. The predicted octanol–water partition coefficient (Wildman–Crippen LogP) is 0.379. The van der Waals surface area contributed by atoms with Crippen LogP contribution in [0, 0.1) is 5.92 Å². The molecule has 6 heteroatoms. The van der Waals surface area contributed by atoms with E-state index in [4.69, 9.17) is 15.7 Å². The highest BCUT2D eigenvalue weighted by Gasteiger charge is 2.39. The van der Waals surface area contributed by atoms with E-state index in [2.05, 4.69) is 0 Å². The third-order valence-electron chi connectivity index (χ3n) is 3.18. The molecule has 1 aliphatic rings. The van der Waals surface area contributed by atoms with E-state index in [0.717, 1.165) is 5.56 Å². The number of carbonyl (C=O) groups excluding carboxylic acids is 1. The van der Waals surface area contributed by atoms with Crippen molar-refractivity contribution >= 4 is 11.9 Å². The van der Waals surface area contributed by atoms with Crippen molar-refractivity contribution in [3.8, 4) is 0 Å². The van der Waals surface area contributed by atoms with Gasteiger partial charge in [-0.25, -0.2) is 5.01 Å². The van der Waals surface area contributed by atoms with Crippen LogP contribution >= 0.6 is 0 Å². The second-order valence-corrected chi connectivity index (χ2v) is 4.58. The Balaban J connectivity index is 1.86. The van der Waals surface area contributed by atoms with E-state index in [1.165, 1.54) is 5.01 Å². The molecule has 1 saturated heterocycles. The van der Waals surface area contributed by atoms with Crippen molar-refractivity contribution in [2.24, 2.45) is 11.8 Å². The van der Waals surface area contributed by atoms with E-state index in [-0.39, 0.29) is 19.6 Å². The van der Waals surface area contributed by atoms with Gasteiger partial charge in [0.2, 0.25) is 0 Å². The SMILES string of the molecule is NN1C[C@H](C(=O)OCc2ccccc2)C[C@@H]1C(=O)O. The first-order valence-corrected chi connectivity index (χ1v) is 6.02. The lowest BCUT2D eigenvalue weighted by Gasteiger charge is -2.12. The van der Waals surface area contributed by atoms with Gasteiger partial charge in [-0.3, -0.25) is 15.4 Å². The van der Waals surface area contributed by atoms with Crippen LogP contribution in [0.2, 0.25) is 0 Å². The average Bonchev–Trinajstić information content (AvgIpc) is 2.79. The molecule has 1 heterocycles. The molecule has 1 fully saturated rings. The second kappa shape index (κ2) is 5.81. The number of ether oxygens (including phenoxy) is 1. The van der Waals surface area contributed by atoms with Crippen molar-refractivity contribution in [3.05, 3.63) is 35.9 Å². The molecular formula is C13H16N2O4. The monoisotopic (exact) mass is 264 g/mol. The number of hydrazine groups is 1. The van der Waals surface area contributed by atoms with Crippen molar-refractivity contribution in [3.63, 3.8) is 0 Å². The van der Waals surface area contributed by atoms with Gasteiger partial charge >= 0.3 is 11.9 Å². The van der Waals surface area contributed by atoms with E-state index in [0.29, 0.717) is 0 Å². The molecule has 0 spiro atoms. The zero-order valence-electron chi connectivity index (χ0n) is 10.4. The van der Waals surface area contributed by atoms with E-state index >= 15 is 0 Å². The average molecular weight is 264 g/mol. The maximum atomic E-state index is 11.8. The third kappa shape index (κ3) is 3.30. The zero-order valence-corrected chi connectivity index (χ0v) is 10.4. The van der Waals surface area contributed by atoms with Crippen molar-refractivity contribution in [2.75, 3.05) is 6.54 Å². The minimum absolute atomic E-state index is 0.193. The highest BCUT2D eigenvalue weighted by Crippen LogP contribution is 2.22. The molecule has 0 unspecified atom stereocenters. The van der Waals surface area contributed by atoms with Gasteiger partial charge in [0.15, 0.2) is 0 Å². The van der Waals surface area contributed by atoms with Gasteiger partial charge in [-0.2, -0.15) is 0 Å². The summed E-state index contributed by atoms with van der Waals surface area (Å²) in [6, 6.07) is 8.51. The lowest BCUT2D eigenvalue weighted by Crippen LogP contribution is -2.41. The Hall–Kier alpha value is -1.92. The summed E-state index contributed by atoms with van der Waals surface area (Å²) >= 11 is 0. The van der Waals surface area contributed by atoms with Gasteiger partial charge < -0.3 is 9.84 Å². The second-order valence-electron chi connectivity index (χ2n) is 4.58. The number of carbonyl (C=O) groups is 2. The smallest absolute Gasteiger partial charge is 0.322 e. The number of rotatable bonds is 4. The molecule has 6 nitrogen and oxygen atoms in total. The third-order valence-corrected chi connectivity index (χ3v) is 3.18. The van der Waals surface area contributed by atoms with Crippen LogP contribution in [-0.4, -0.2) is 34.6 Å². The summed E-state index contributed by atoms with van der Waals surface area (Å²) in [5.74, 6) is 3.67. The van der Waals surface area contributed by atoms with Gasteiger partial charge in [0.05, 0.1) is 5.92 Å². The number of benzene rings is 1. The van der Waals surface area contributed by atoms with Crippen molar-refractivity contribution < 1.29 is 19.4 Å². The number of aliphatic carboxylic acids is 1. The molecule has 102 valence electrons. The van der Waals surface area contributed by atoms with Crippen LogP contribution in [0.25, 0.3) is 0 Å². The minimum Gasteiger partial charge on any atom is -0.480 e. The van der Waals surface area contributed by atoms with Gasteiger partial charge in [-0.1, -0.05) is 30.3 Å². The highest BCUT2D eigenvalue weighted by molar-refractivity contribution is 5.78. The van der Waals surface area contributed by atoms with Gasteiger partial charge in [0.1, 0.15) is 12.6 Å². The molecule has 1 aliphatic heterocycles. The molecule has 0 amide bonds. The molecule has 2 atom stereocenters. The molecule has 0 bridgehead atoms. The Bertz CT molecular complexity index is 463. The molecular weight excluding hydrogens is 248 g/mol. The number of esters is 1. The number of nitrogens with two attached hydrogens (primary N) is 1. The molecule has 0 aliphatic carbocycles. The van der Waals surface area contributed by atoms with Crippen molar-refractivity contribution in [1.82, 2.24) is 5.01 Å². The van der Waals surface area contributed by atoms with Crippen LogP contribution in [0.4, 0.5) is 0 Å². The Morgan fingerprint density at radius 1 is 1.37 bits per heavy atom. The van der Waals surface area contributed by atoms with Crippen LogP contribution in [0.1, 0.15) is 12.0 Å². The van der Waals surface area contributed by atoms with E-state index in [9.17, 15) is 9.59 Å².